The lowest BCUT2D eigenvalue weighted by atomic mass is 9.91. The lowest BCUT2D eigenvalue weighted by molar-refractivity contribution is -0.134. The van der Waals surface area contributed by atoms with Crippen LogP contribution in [0.15, 0.2) is 0 Å². The lowest BCUT2D eigenvalue weighted by Crippen LogP contribution is -2.40. The highest BCUT2D eigenvalue weighted by Gasteiger charge is 2.58. The second-order valence-corrected chi connectivity index (χ2v) is 7.32. The van der Waals surface area contributed by atoms with Crippen molar-refractivity contribution in [1.29, 1.82) is 0 Å². The Bertz CT molecular complexity index is 347. The Morgan fingerprint density at radius 3 is 2.24 bits per heavy atom. The SMILES string of the molecule is CN(C(=O)C1CC12CCNCC2)C1CCCCCCC1.Cl. The molecule has 0 aromatic rings. The number of nitrogens with zero attached hydrogens (tertiary/aromatic N) is 1. The van der Waals surface area contributed by atoms with Crippen LogP contribution in [0.2, 0.25) is 0 Å². The molecule has 1 spiro atoms. The van der Waals surface area contributed by atoms with Crippen molar-refractivity contribution in [2.45, 2.75) is 70.3 Å². The summed E-state index contributed by atoms with van der Waals surface area (Å²) in [6.45, 7) is 2.22. The molecule has 1 heterocycles. The van der Waals surface area contributed by atoms with Crippen LogP contribution in [0.3, 0.4) is 0 Å². The zero-order chi connectivity index (χ0) is 14.0. The number of carbonyl (C=O) groups excluding carboxylic acids is 1. The zero-order valence-electron chi connectivity index (χ0n) is 13.4. The summed E-state index contributed by atoms with van der Waals surface area (Å²) < 4.78 is 0. The van der Waals surface area contributed by atoms with Gasteiger partial charge in [0, 0.05) is 19.0 Å². The molecule has 0 aromatic carbocycles. The predicted molar refractivity (Wildman–Crippen MR) is 88.8 cm³/mol. The van der Waals surface area contributed by atoms with Crippen LogP contribution in [0.1, 0.15) is 64.2 Å². The summed E-state index contributed by atoms with van der Waals surface area (Å²) >= 11 is 0. The van der Waals surface area contributed by atoms with Crippen molar-refractivity contribution < 1.29 is 4.79 Å². The van der Waals surface area contributed by atoms with E-state index in [2.05, 4.69) is 17.3 Å². The minimum atomic E-state index is 0. The largest absolute Gasteiger partial charge is 0.343 e. The molecule has 3 nitrogen and oxygen atoms in total. The van der Waals surface area contributed by atoms with E-state index < -0.39 is 0 Å². The maximum absolute atomic E-state index is 12.8. The van der Waals surface area contributed by atoms with Crippen LogP contribution in [0.5, 0.6) is 0 Å². The second kappa shape index (κ2) is 7.32. The molecule has 2 saturated carbocycles. The van der Waals surface area contributed by atoms with E-state index in [1.54, 1.807) is 0 Å². The first-order valence-electron chi connectivity index (χ1n) is 8.70. The molecule has 1 aliphatic heterocycles. The van der Waals surface area contributed by atoms with Gasteiger partial charge in [-0.15, -0.1) is 12.4 Å². The average molecular weight is 315 g/mol. The maximum Gasteiger partial charge on any atom is 0.226 e. The van der Waals surface area contributed by atoms with E-state index >= 15 is 0 Å². The molecule has 1 atom stereocenters. The van der Waals surface area contributed by atoms with Crippen molar-refractivity contribution in [2.24, 2.45) is 11.3 Å². The molecule has 0 bridgehead atoms. The van der Waals surface area contributed by atoms with Crippen molar-refractivity contribution >= 4 is 18.3 Å². The number of halogens is 1. The average Bonchev–Trinajstić information content (AvgIpc) is 3.11. The smallest absolute Gasteiger partial charge is 0.226 e. The Kier molecular flexibility index (Phi) is 5.96. The minimum absolute atomic E-state index is 0. The van der Waals surface area contributed by atoms with Crippen molar-refractivity contribution in [3.8, 4) is 0 Å². The van der Waals surface area contributed by atoms with Crippen LogP contribution in [-0.4, -0.2) is 37.0 Å². The van der Waals surface area contributed by atoms with E-state index in [0.717, 1.165) is 19.5 Å². The molecule has 4 heteroatoms. The van der Waals surface area contributed by atoms with E-state index in [4.69, 9.17) is 0 Å². The molecule has 3 fully saturated rings. The molecule has 2 aliphatic carbocycles. The summed E-state index contributed by atoms with van der Waals surface area (Å²) in [7, 11) is 2.07. The van der Waals surface area contributed by atoms with Gasteiger partial charge in [-0.1, -0.05) is 32.1 Å². The summed E-state index contributed by atoms with van der Waals surface area (Å²) in [4.78, 5) is 14.9. The molecule has 1 unspecified atom stereocenters. The topological polar surface area (TPSA) is 32.3 Å². The quantitative estimate of drug-likeness (QED) is 0.847. The minimum Gasteiger partial charge on any atom is -0.343 e. The normalized spacial score (nSPS) is 29.1. The van der Waals surface area contributed by atoms with Gasteiger partial charge in [-0.2, -0.15) is 0 Å². The standard InChI is InChI=1S/C17H30N2O.ClH/c1-19(14-7-5-3-2-4-6-8-14)16(20)15-13-17(15)9-11-18-12-10-17;/h14-15,18H,2-13H2,1H3;1H. The van der Waals surface area contributed by atoms with Crippen LogP contribution < -0.4 is 5.32 Å². The summed E-state index contributed by atoms with van der Waals surface area (Å²) in [5.41, 5.74) is 0.387. The molecule has 122 valence electrons. The van der Waals surface area contributed by atoms with Gasteiger partial charge in [0.05, 0.1) is 0 Å². The molecular formula is C17H31ClN2O. The third-order valence-electron chi connectivity index (χ3n) is 6.06. The predicted octanol–water partition coefficient (Wildman–Crippen LogP) is 3.37. The van der Waals surface area contributed by atoms with Gasteiger partial charge in [-0.05, 0) is 50.6 Å². The van der Waals surface area contributed by atoms with Crippen molar-refractivity contribution in [3.63, 3.8) is 0 Å². The highest BCUT2D eigenvalue weighted by atomic mass is 35.5. The van der Waals surface area contributed by atoms with Crippen LogP contribution >= 0.6 is 12.4 Å². The van der Waals surface area contributed by atoms with E-state index in [-0.39, 0.29) is 12.4 Å². The number of piperidine rings is 1. The molecule has 1 saturated heterocycles. The Morgan fingerprint density at radius 2 is 1.62 bits per heavy atom. The van der Waals surface area contributed by atoms with E-state index in [1.165, 1.54) is 57.8 Å². The number of nitrogens with one attached hydrogen (secondary N) is 1. The number of amides is 1. The van der Waals surface area contributed by atoms with Gasteiger partial charge in [-0.3, -0.25) is 4.79 Å². The summed E-state index contributed by atoms with van der Waals surface area (Å²) in [5, 5.41) is 3.42. The van der Waals surface area contributed by atoms with Crippen molar-refractivity contribution in [1.82, 2.24) is 10.2 Å². The van der Waals surface area contributed by atoms with Gasteiger partial charge in [0.2, 0.25) is 5.91 Å². The molecule has 0 radical (unpaired) electrons. The molecule has 1 N–H and O–H groups in total. The molecular weight excluding hydrogens is 284 g/mol. The molecule has 21 heavy (non-hydrogen) atoms. The monoisotopic (exact) mass is 314 g/mol. The third-order valence-corrected chi connectivity index (χ3v) is 6.06. The second-order valence-electron chi connectivity index (χ2n) is 7.32. The molecule has 0 aromatic heterocycles. The first-order valence-corrected chi connectivity index (χ1v) is 8.70. The number of hydrogen-bond donors (Lipinski definition) is 1. The first kappa shape index (κ1) is 17.1. The first-order chi connectivity index (χ1) is 9.73. The summed E-state index contributed by atoms with van der Waals surface area (Å²) in [6.07, 6.45) is 12.8. The van der Waals surface area contributed by atoms with Crippen LogP contribution in [0.25, 0.3) is 0 Å². The van der Waals surface area contributed by atoms with Gasteiger partial charge >= 0.3 is 0 Å². The van der Waals surface area contributed by atoms with Gasteiger partial charge in [0.25, 0.3) is 0 Å². The fourth-order valence-corrected chi connectivity index (χ4v) is 4.42. The van der Waals surface area contributed by atoms with Crippen molar-refractivity contribution in [2.75, 3.05) is 20.1 Å². The van der Waals surface area contributed by atoms with Crippen LogP contribution in [-0.2, 0) is 4.79 Å². The number of hydrogen-bond acceptors (Lipinski definition) is 2. The van der Waals surface area contributed by atoms with Crippen LogP contribution in [0.4, 0.5) is 0 Å². The summed E-state index contributed by atoms with van der Waals surface area (Å²) in [5.74, 6) is 0.803. The third kappa shape index (κ3) is 3.73. The van der Waals surface area contributed by atoms with Gasteiger partial charge < -0.3 is 10.2 Å². The molecule has 3 rings (SSSR count). The van der Waals surface area contributed by atoms with Crippen molar-refractivity contribution in [3.05, 3.63) is 0 Å². The van der Waals surface area contributed by atoms with E-state index in [0.29, 0.717) is 23.3 Å². The highest BCUT2D eigenvalue weighted by molar-refractivity contribution is 5.85. The molecule has 1 amide bonds. The number of carbonyl (C=O) groups is 1. The highest BCUT2D eigenvalue weighted by Crippen LogP contribution is 2.59. The van der Waals surface area contributed by atoms with Gasteiger partial charge in [0.15, 0.2) is 0 Å². The zero-order valence-corrected chi connectivity index (χ0v) is 14.2. The van der Waals surface area contributed by atoms with Gasteiger partial charge in [0.1, 0.15) is 0 Å². The van der Waals surface area contributed by atoms with E-state index in [1.807, 2.05) is 0 Å². The summed E-state index contributed by atoms with van der Waals surface area (Å²) in [6, 6.07) is 0.516. The van der Waals surface area contributed by atoms with Crippen LogP contribution in [0, 0.1) is 11.3 Å². The Labute approximate surface area is 135 Å². The Morgan fingerprint density at radius 1 is 1.05 bits per heavy atom. The Hall–Kier alpha value is -0.280. The Balaban J connectivity index is 0.00000161. The molecule has 3 aliphatic rings. The van der Waals surface area contributed by atoms with Gasteiger partial charge in [-0.25, -0.2) is 0 Å². The maximum atomic E-state index is 12.8. The number of rotatable bonds is 2. The fraction of sp³-hybridized carbons (Fsp3) is 0.941. The lowest BCUT2D eigenvalue weighted by Gasteiger charge is -2.31. The van der Waals surface area contributed by atoms with E-state index in [9.17, 15) is 4.79 Å². The fourth-order valence-electron chi connectivity index (χ4n) is 4.42.